The molecule has 0 bridgehead atoms. The number of carbonyl (C=O) groups is 1. The zero-order valence-corrected chi connectivity index (χ0v) is 16.6. The summed E-state index contributed by atoms with van der Waals surface area (Å²) in [4.78, 5) is 19.2. The van der Waals surface area contributed by atoms with Crippen LogP contribution in [0.25, 0.3) is 5.65 Å². The summed E-state index contributed by atoms with van der Waals surface area (Å²) in [6.45, 7) is 9.69. The highest BCUT2D eigenvalue weighted by atomic mass is 79.9. The molecule has 1 saturated heterocycles. The van der Waals surface area contributed by atoms with Crippen LogP contribution < -0.4 is 10.2 Å². The number of carbonyl (C=O) groups excluding carboxylic acids is 1. The van der Waals surface area contributed by atoms with Gasteiger partial charge in [-0.2, -0.15) is 9.61 Å². The second kappa shape index (κ2) is 6.82. The van der Waals surface area contributed by atoms with E-state index < -0.39 is 11.7 Å². The summed E-state index contributed by atoms with van der Waals surface area (Å²) in [7, 11) is 0. The van der Waals surface area contributed by atoms with E-state index in [-0.39, 0.29) is 0 Å². The number of rotatable bonds is 2. The van der Waals surface area contributed by atoms with Gasteiger partial charge in [0.25, 0.3) is 0 Å². The topological polar surface area (TPSA) is 71.8 Å². The molecule has 0 aromatic carbocycles. The Kier molecular flexibility index (Phi) is 4.90. The molecule has 1 aliphatic heterocycles. The summed E-state index contributed by atoms with van der Waals surface area (Å²) in [5.74, 6) is 2.12. The van der Waals surface area contributed by atoms with Gasteiger partial charge in [-0.3, -0.25) is 5.32 Å². The number of hydrogen-bond donors (Lipinski definition) is 1. The van der Waals surface area contributed by atoms with Crippen molar-refractivity contribution in [1.29, 1.82) is 0 Å². The number of nitrogens with zero attached hydrogens (tertiary/aromatic N) is 4. The van der Waals surface area contributed by atoms with Gasteiger partial charge in [0.2, 0.25) is 0 Å². The fourth-order valence-electron chi connectivity index (χ4n) is 2.82. The Bertz CT molecular complexity index is 775. The van der Waals surface area contributed by atoms with Crippen molar-refractivity contribution >= 4 is 39.3 Å². The number of aromatic nitrogens is 3. The molecule has 0 unspecified atom stereocenters. The van der Waals surface area contributed by atoms with Crippen LogP contribution >= 0.6 is 15.9 Å². The van der Waals surface area contributed by atoms with E-state index >= 15 is 0 Å². The molecular formula is C17H24BrN5O2. The zero-order valence-electron chi connectivity index (χ0n) is 15.0. The maximum atomic E-state index is 12.2. The Labute approximate surface area is 155 Å². The van der Waals surface area contributed by atoms with Gasteiger partial charge in [-0.05, 0) is 55.5 Å². The lowest BCUT2D eigenvalue weighted by atomic mass is 9.99. The minimum atomic E-state index is -0.563. The minimum Gasteiger partial charge on any atom is -0.444 e. The number of piperidine rings is 1. The Balaban J connectivity index is 1.92. The summed E-state index contributed by atoms with van der Waals surface area (Å²) in [5, 5.41) is 7.08. The second-order valence-corrected chi connectivity index (χ2v) is 8.38. The Morgan fingerprint density at radius 2 is 2.04 bits per heavy atom. The summed E-state index contributed by atoms with van der Waals surface area (Å²) >= 11 is 3.48. The van der Waals surface area contributed by atoms with Crippen LogP contribution in [0.5, 0.6) is 0 Å². The van der Waals surface area contributed by atoms with E-state index in [0.29, 0.717) is 11.5 Å². The SMILES string of the molecule is CC1CCN(c2cc(NC(=O)OC(C)(C)C)n3ncc(Br)c3n2)CC1. The van der Waals surface area contributed by atoms with Crippen LogP contribution in [-0.4, -0.2) is 39.4 Å². The molecule has 1 N–H and O–H groups in total. The summed E-state index contributed by atoms with van der Waals surface area (Å²) in [6, 6.07) is 1.85. The molecule has 0 saturated carbocycles. The lowest BCUT2D eigenvalue weighted by molar-refractivity contribution is 0.0635. The summed E-state index contributed by atoms with van der Waals surface area (Å²) in [5.41, 5.74) is 0.106. The molecule has 7 nitrogen and oxygen atoms in total. The summed E-state index contributed by atoms with van der Waals surface area (Å²) in [6.07, 6.45) is 3.44. The average molecular weight is 410 g/mol. The number of fused-ring (bicyclic) bond motifs is 1. The van der Waals surface area contributed by atoms with E-state index in [0.717, 1.165) is 42.1 Å². The minimum absolute atomic E-state index is 0.509. The molecule has 0 radical (unpaired) electrons. The molecule has 3 heterocycles. The van der Waals surface area contributed by atoms with Crippen LogP contribution in [0.3, 0.4) is 0 Å². The molecule has 0 spiro atoms. The molecule has 2 aromatic heterocycles. The number of amides is 1. The van der Waals surface area contributed by atoms with Gasteiger partial charge in [0, 0.05) is 19.2 Å². The Hall–Kier alpha value is -1.83. The van der Waals surface area contributed by atoms with E-state index in [2.05, 4.69) is 38.2 Å². The number of halogens is 1. The van der Waals surface area contributed by atoms with Crippen molar-refractivity contribution in [2.75, 3.05) is 23.3 Å². The highest BCUT2D eigenvalue weighted by molar-refractivity contribution is 9.10. The molecule has 0 atom stereocenters. The van der Waals surface area contributed by atoms with Gasteiger partial charge in [-0.25, -0.2) is 9.78 Å². The van der Waals surface area contributed by atoms with Gasteiger partial charge in [0.1, 0.15) is 17.2 Å². The number of hydrogen-bond acceptors (Lipinski definition) is 5. The maximum absolute atomic E-state index is 12.2. The number of anilines is 2. The lowest BCUT2D eigenvalue weighted by Gasteiger charge is -2.31. The molecule has 1 aliphatic rings. The van der Waals surface area contributed by atoms with Crippen molar-refractivity contribution < 1.29 is 9.53 Å². The number of nitrogens with one attached hydrogen (secondary N) is 1. The van der Waals surface area contributed by atoms with Gasteiger partial charge in [-0.1, -0.05) is 6.92 Å². The predicted molar refractivity (Wildman–Crippen MR) is 101 cm³/mol. The monoisotopic (exact) mass is 409 g/mol. The third kappa shape index (κ3) is 4.23. The van der Waals surface area contributed by atoms with Crippen LogP contribution in [0.4, 0.5) is 16.4 Å². The van der Waals surface area contributed by atoms with Crippen LogP contribution in [0.2, 0.25) is 0 Å². The lowest BCUT2D eigenvalue weighted by Crippen LogP contribution is -2.34. The first kappa shape index (κ1) is 18.0. The highest BCUT2D eigenvalue weighted by Crippen LogP contribution is 2.27. The predicted octanol–water partition coefficient (Wildman–Crippen LogP) is 4.08. The van der Waals surface area contributed by atoms with Crippen LogP contribution in [-0.2, 0) is 4.74 Å². The van der Waals surface area contributed by atoms with Gasteiger partial charge >= 0.3 is 6.09 Å². The van der Waals surface area contributed by atoms with Crippen molar-refractivity contribution in [1.82, 2.24) is 14.6 Å². The Morgan fingerprint density at radius 1 is 1.36 bits per heavy atom. The maximum Gasteiger partial charge on any atom is 0.413 e. The third-order valence-electron chi connectivity index (χ3n) is 4.15. The quantitative estimate of drug-likeness (QED) is 0.808. The van der Waals surface area contributed by atoms with E-state index in [4.69, 9.17) is 9.72 Å². The average Bonchev–Trinajstić information content (AvgIpc) is 2.88. The molecule has 1 amide bonds. The first-order valence-corrected chi connectivity index (χ1v) is 9.31. The van der Waals surface area contributed by atoms with Crippen molar-refractivity contribution in [3.8, 4) is 0 Å². The standard InChI is InChI=1S/C17H24BrN5O2/c1-11-5-7-22(8-6-11)13-9-14(21-16(24)25-17(2,3)4)23-15(20-13)12(18)10-19-23/h9-11H,5-8H2,1-4H3,(H,21,24). The van der Waals surface area contributed by atoms with Gasteiger partial charge in [-0.15, -0.1) is 0 Å². The molecular weight excluding hydrogens is 386 g/mol. The zero-order chi connectivity index (χ0) is 18.2. The van der Waals surface area contributed by atoms with Gasteiger partial charge in [0.15, 0.2) is 5.65 Å². The fraction of sp³-hybridized carbons (Fsp3) is 0.588. The summed E-state index contributed by atoms with van der Waals surface area (Å²) < 4.78 is 7.75. The van der Waals surface area contributed by atoms with E-state index in [9.17, 15) is 4.79 Å². The smallest absolute Gasteiger partial charge is 0.413 e. The largest absolute Gasteiger partial charge is 0.444 e. The van der Waals surface area contributed by atoms with Crippen LogP contribution in [0.15, 0.2) is 16.7 Å². The molecule has 8 heteroatoms. The van der Waals surface area contributed by atoms with Gasteiger partial charge < -0.3 is 9.64 Å². The first-order valence-electron chi connectivity index (χ1n) is 8.52. The molecule has 1 fully saturated rings. The van der Waals surface area contributed by atoms with Crippen molar-refractivity contribution in [3.63, 3.8) is 0 Å². The highest BCUT2D eigenvalue weighted by Gasteiger charge is 2.22. The Morgan fingerprint density at radius 3 is 2.68 bits per heavy atom. The van der Waals surface area contributed by atoms with Gasteiger partial charge in [0.05, 0.1) is 10.7 Å². The fourth-order valence-corrected chi connectivity index (χ4v) is 3.17. The van der Waals surface area contributed by atoms with E-state index in [1.54, 1.807) is 10.7 Å². The van der Waals surface area contributed by atoms with Crippen molar-refractivity contribution in [2.45, 2.75) is 46.1 Å². The molecule has 3 rings (SSSR count). The third-order valence-corrected chi connectivity index (χ3v) is 4.71. The van der Waals surface area contributed by atoms with E-state index in [1.165, 1.54) is 0 Å². The van der Waals surface area contributed by atoms with Crippen molar-refractivity contribution in [2.24, 2.45) is 5.92 Å². The molecule has 0 aliphatic carbocycles. The molecule has 25 heavy (non-hydrogen) atoms. The van der Waals surface area contributed by atoms with E-state index in [1.807, 2.05) is 26.8 Å². The molecule has 2 aromatic rings. The normalized spacial score (nSPS) is 16.3. The molecule has 136 valence electrons. The number of ether oxygens (including phenoxy) is 1. The first-order chi connectivity index (χ1) is 11.7. The second-order valence-electron chi connectivity index (χ2n) is 7.52. The van der Waals surface area contributed by atoms with Crippen LogP contribution in [0, 0.1) is 5.92 Å². The van der Waals surface area contributed by atoms with Crippen molar-refractivity contribution in [3.05, 3.63) is 16.7 Å². The van der Waals surface area contributed by atoms with Crippen LogP contribution in [0.1, 0.15) is 40.5 Å².